The third kappa shape index (κ3) is 2.84. The molecule has 2 aromatic carbocycles. The third-order valence-electron chi connectivity index (χ3n) is 4.07. The molecule has 0 radical (unpaired) electrons. The summed E-state index contributed by atoms with van der Waals surface area (Å²) in [4.78, 5) is 19.9. The lowest BCUT2D eigenvalue weighted by molar-refractivity contribution is 0.0874. The largest absolute Gasteiger partial charge is 0.509 e. The zero-order chi connectivity index (χ0) is 18.3. The first-order valence-corrected chi connectivity index (χ1v) is 8.62. The highest BCUT2D eigenvalue weighted by Gasteiger charge is 2.31. The molecule has 0 saturated heterocycles. The van der Waals surface area contributed by atoms with Crippen molar-refractivity contribution in [1.82, 2.24) is 20.4 Å². The number of nitrogens with one attached hydrogen (secondary N) is 3. The predicted molar refractivity (Wildman–Crippen MR) is 102 cm³/mol. The zero-order valence-electron chi connectivity index (χ0n) is 13.5. The number of fused-ring (bicyclic) bond motifs is 1. The summed E-state index contributed by atoms with van der Waals surface area (Å²) in [5, 5.41) is 19.9. The standard InChI is InChI=1S/C18H14BrN5O2/c19-11-7-5-10(6-8-11)18(26)23-24-9-14(25)15(16(24)20)17-21-12-3-1-2-4-13(12)22-17/h1-8,20,25H,9H2,(H,21,22)(H,23,26). The number of halogens is 1. The van der Waals surface area contributed by atoms with Crippen LogP contribution in [0.4, 0.5) is 0 Å². The van der Waals surface area contributed by atoms with Gasteiger partial charge in [-0.05, 0) is 36.4 Å². The number of para-hydroxylation sites is 2. The SMILES string of the molecule is N=C1C(c2nc3ccccc3[nH]2)=C(O)CN1NC(=O)c1ccc(Br)cc1. The Labute approximate surface area is 157 Å². The van der Waals surface area contributed by atoms with Crippen LogP contribution in [0.2, 0.25) is 0 Å². The number of hydrogen-bond acceptors (Lipinski definition) is 4. The Bertz CT molecular complexity index is 1020. The number of rotatable bonds is 3. The van der Waals surface area contributed by atoms with E-state index in [4.69, 9.17) is 5.41 Å². The summed E-state index contributed by atoms with van der Waals surface area (Å²) in [6.07, 6.45) is 0. The predicted octanol–water partition coefficient (Wildman–Crippen LogP) is 3.23. The number of amidine groups is 1. The molecule has 1 amide bonds. The van der Waals surface area contributed by atoms with E-state index >= 15 is 0 Å². The lowest BCUT2D eigenvalue weighted by atomic mass is 10.2. The van der Waals surface area contributed by atoms with Gasteiger partial charge in [-0.2, -0.15) is 0 Å². The number of carbonyl (C=O) groups excluding carboxylic acids is 1. The minimum atomic E-state index is -0.360. The summed E-state index contributed by atoms with van der Waals surface area (Å²) in [5.74, 6) is -0.00724. The molecule has 7 nitrogen and oxygen atoms in total. The average Bonchev–Trinajstić information content (AvgIpc) is 3.16. The van der Waals surface area contributed by atoms with Gasteiger partial charge in [0.25, 0.3) is 5.91 Å². The first-order chi connectivity index (χ1) is 12.5. The van der Waals surface area contributed by atoms with Crippen LogP contribution in [0.5, 0.6) is 0 Å². The maximum Gasteiger partial charge on any atom is 0.269 e. The van der Waals surface area contributed by atoms with Gasteiger partial charge in [0, 0.05) is 10.0 Å². The molecular weight excluding hydrogens is 398 g/mol. The van der Waals surface area contributed by atoms with Crippen LogP contribution >= 0.6 is 15.9 Å². The van der Waals surface area contributed by atoms with E-state index in [-0.39, 0.29) is 29.6 Å². The van der Waals surface area contributed by atoms with Crippen molar-refractivity contribution in [2.24, 2.45) is 0 Å². The van der Waals surface area contributed by atoms with Gasteiger partial charge in [-0.1, -0.05) is 28.1 Å². The number of hydrogen-bond donors (Lipinski definition) is 4. The van der Waals surface area contributed by atoms with Crippen LogP contribution in [0.1, 0.15) is 16.2 Å². The Morgan fingerprint density at radius 1 is 1.23 bits per heavy atom. The monoisotopic (exact) mass is 411 g/mol. The molecule has 1 aromatic heterocycles. The lowest BCUT2D eigenvalue weighted by Crippen LogP contribution is -2.43. The molecule has 1 aliphatic heterocycles. The van der Waals surface area contributed by atoms with Crippen molar-refractivity contribution >= 4 is 44.3 Å². The quantitative estimate of drug-likeness (QED) is 0.530. The van der Waals surface area contributed by atoms with Gasteiger partial charge in [-0.3, -0.25) is 20.6 Å². The average molecular weight is 412 g/mol. The number of aromatic amines is 1. The van der Waals surface area contributed by atoms with Gasteiger partial charge in [0.1, 0.15) is 17.2 Å². The first kappa shape index (κ1) is 16.3. The molecule has 0 atom stereocenters. The van der Waals surface area contributed by atoms with Gasteiger partial charge in [0.2, 0.25) is 0 Å². The number of aliphatic hydroxyl groups excluding tert-OH is 1. The van der Waals surface area contributed by atoms with Crippen molar-refractivity contribution < 1.29 is 9.90 Å². The molecule has 3 aromatic rings. The fraction of sp³-hybridized carbons (Fsp3) is 0.0556. The zero-order valence-corrected chi connectivity index (χ0v) is 15.0. The number of benzene rings is 2. The summed E-state index contributed by atoms with van der Waals surface area (Å²) < 4.78 is 0.870. The van der Waals surface area contributed by atoms with E-state index in [2.05, 4.69) is 31.3 Å². The van der Waals surface area contributed by atoms with Gasteiger partial charge in [-0.15, -0.1) is 0 Å². The molecule has 4 rings (SSSR count). The van der Waals surface area contributed by atoms with Gasteiger partial charge >= 0.3 is 0 Å². The van der Waals surface area contributed by atoms with Gasteiger partial charge in [0.05, 0.1) is 17.6 Å². The third-order valence-corrected chi connectivity index (χ3v) is 4.60. The Morgan fingerprint density at radius 2 is 1.96 bits per heavy atom. The summed E-state index contributed by atoms with van der Waals surface area (Å²) >= 11 is 3.32. The van der Waals surface area contributed by atoms with E-state index in [1.54, 1.807) is 24.3 Å². The van der Waals surface area contributed by atoms with E-state index in [0.29, 0.717) is 11.4 Å². The normalized spacial score (nSPS) is 14.3. The number of aromatic nitrogens is 2. The van der Waals surface area contributed by atoms with Crippen LogP contribution < -0.4 is 5.43 Å². The van der Waals surface area contributed by atoms with Crippen molar-refractivity contribution in [2.75, 3.05) is 6.54 Å². The van der Waals surface area contributed by atoms with Crippen LogP contribution in [0, 0.1) is 5.41 Å². The maximum atomic E-state index is 12.4. The Kier molecular flexibility index (Phi) is 3.96. The van der Waals surface area contributed by atoms with Crippen LogP contribution in [0.15, 0.2) is 58.8 Å². The number of aliphatic hydroxyl groups is 1. The molecule has 130 valence electrons. The molecule has 0 spiro atoms. The Balaban J connectivity index is 1.56. The summed E-state index contributed by atoms with van der Waals surface area (Å²) in [5.41, 5.74) is 4.93. The van der Waals surface area contributed by atoms with E-state index < -0.39 is 0 Å². The highest BCUT2D eigenvalue weighted by molar-refractivity contribution is 9.10. The van der Waals surface area contributed by atoms with E-state index in [1.807, 2.05) is 24.3 Å². The molecule has 4 N–H and O–H groups in total. The van der Waals surface area contributed by atoms with Crippen LogP contribution in [0.25, 0.3) is 16.6 Å². The van der Waals surface area contributed by atoms with E-state index in [9.17, 15) is 9.90 Å². The Hall–Kier alpha value is -3.13. The molecule has 0 unspecified atom stereocenters. The minimum Gasteiger partial charge on any atom is -0.509 e. The van der Waals surface area contributed by atoms with Gasteiger partial charge in [-0.25, -0.2) is 4.98 Å². The number of H-pyrrole nitrogens is 1. The van der Waals surface area contributed by atoms with Crippen LogP contribution in [-0.2, 0) is 0 Å². The summed E-state index contributed by atoms with van der Waals surface area (Å²) in [7, 11) is 0. The fourth-order valence-corrected chi connectivity index (χ4v) is 3.05. The molecule has 1 aliphatic rings. The minimum absolute atomic E-state index is 0.00742. The molecule has 8 heteroatoms. The number of imidazole rings is 1. The molecular formula is C18H14BrN5O2. The van der Waals surface area contributed by atoms with Crippen molar-refractivity contribution in [3.63, 3.8) is 0 Å². The van der Waals surface area contributed by atoms with Crippen LogP contribution in [-0.4, -0.2) is 38.4 Å². The number of carbonyl (C=O) groups is 1. The number of amides is 1. The Morgan fingerprint density at radius 3 is 2.69 bits per heavy atom. The molecule has 2 heterocycles. The molecule has 0 fully saturated rings. The van der Waals surface area contributed by atoms with Gasteiger partial charge in [0.15, 0.2) is 5.84 Å². The summed E-state index contributed by atoms with van der Waals surface area (Å²) in [6.45, 7) is 0.00742. The second-order valence-electron chi connectivity index (χ2n) is 5.81. The van der Waals surface area contributed by atoms with Crippen molar-refractivity contribution in [2.45, 2.75) is 0 Å². The van der Waals surface area contributed by atoms with Gasteiger partial charge < -0.3 is 10.1 Å². The smallest absolute Gasteiger partial charge is 0.269 e. The molecule has 0 bridgehead atoms. The summed E-state index contributed by atoms with van der Waals surface area (Å²) in [6, 6.07) is 14.3. The maximum absolute atomic E-state index is 12.4. The second kappa shape index (κ2) is 6.30. The molecule has 0 aliphatic carbocycles. The van der Waals surface area contributed by atoms with E-state index in [0.717, 1.165) is 15.5 Å². The second-order valence-corrected chi connectivity index (χ2v) is 6.72. The van der Waals surface area contributed by atoms with Crippen LogP contribution in [0.3, 0.4) is 0 Å². The van der Waals surface area contributed by atoms with Crippen molar-refractivity contribution in [3.8, 4) is 0 Å². The van der Waals surface area contributed by atoms with E-state index in [1.165, 1.54) is 5.01 Å². The van der Waals surface area contributed by atoms with Crippen molar-refractivity contribution in [1.29, 1.82) is 5.41 Å². The lowest BCUT2D eigenvalue weighted by Gasteiger charge is -2.19. The van der Waals surface area contributed by atoms with Crippen molar-refractivity contribution in [3.05, 3.63) is 70.2 Å². The molecule has 26 heavy (non-hydrogen) atoms. The molecule has 0 saturated carbocycles. The number of nitrogens with zero attached hydrogens (tertiary/aromatic N) is 2. The highest BCUT2D eigenvalue weighted by Crippen LogP contribution is 2.26. The topological polar surface area (TPSA) is 105 Å². The number of hydrazine groups is 1. The first-order valence-electron chi connectivity index (χ1n) is 7.83. The fourth-order valence-electron chi connectivity index (χ4n) is 2.78. The highest BCUT2D eigenvalue weighted by atomic mass is 79.9.